The first-order valence-electron chi connectivity index (χ1n) is 5.52. The van der Waals surface area contributed by atoms with E-state index in [0.717, 1.165) is 11.2 Å². The molecule has 0 saturated carbocycles. The topological polar surface area (TPSA) is 54.9 Å². The predicted octanol–water partition coefficient (Wildman–Crippen LogP) is 2.56. The van der Waals surface area contributed by atoms with Crippen molar-refractivity contribution >= 4 is 17.2 Å². The Labute approximate surface area is 108 Å². The van der Waals surface area contributed by atoms with E-state index >= 15 is 0 Å². The summed E-state index contributed by atoms with van der Waals surface area (Å²) in [5, 5.41) is 5.43. The van der Waals surface area contributed by atoms with E-state index < -0.39 is 11.7 Å². The minimum Gasteiger partial charge on any atom is -0.343 e. The first kappa shape index (κ1) is 12.6. The van der Waals surface area contributed by atoms with Gasteiger partial charge in [0.25, 0.3) is 5.91 Å². The number of hydrogen-bond donors (Lipinski definition) is 1. The summed E-state index contributed by atoms with van der Waals surface area (Å²) >= 11 is 1.47. The second kappa shape index (κ2) is 5.68. The molecule has 1 N–H and O–H groups in total. The number of nitrogens with one attached hydrogen (secondary N) is 1. The Morgan fingerprint density at radius 3 is 3.00 bits per heavy atom. The lowest BCUT2D eigenvalue weighted by Crippen LogP contribution is -2.28. The third kappa shape index (κ3) is 2.70. The molecular weight excluding hydrogens is 253 g/mol. The molecule has 0 aromatic carbocycles. The average molecular weight is 265 g/mol. The van der Waals surface area contributed by atoms with Crippen LogP contribution in [0.15, 0.2) is 30.0 Å². The van der Waals surface area contributed by atoms with E-state index in [9.17, 15) is 9.18 Å². The Morgan fingerprint density at radius 2 is 2.39 bits per heavy atom. The molecule has 0 bridgehead atoms. The van der Waals surface area contributed by atoms with Gasteiger partial charge in [-0.2, -0.15) is 0 Å². The van der Waals surface area contributed by atoms with Crippen molar-refractivity contribution in [3.8, 4) is 0 Å². The van der Waals surface area contributed by atoms with E-state index in [0.29, 0.717) is 6.42 Å². The summed E-state index contributed by atoms with van der Waals surface area (Å²) in [5.41, 5.74) is 0.00000567. The van der Waals surface area contributed by atoms with E-state index in [1.54, 1.807) is 6.20 Å². The van der Waals surface area contributed by atoms with Gasteiger partial charge in [0.15, 0.2) is 5.82 Å². The number of carbonyl (C=O) groups is 1. The molecule has 4 nitrogen and oxygen atoms in total. The van der Waals surface area contributed by atoms with Gasteiger partial charge >= 0.3 is 0 Å². The number of thiazole rings is 1. The number of nitrogens with zero attached hydrogens (tertiary/aromatic N) is 2. The average Bonchev–Trinajstić information content (AvgIpc) is 2.90. The van der Waals surface area contributed by atoms with Gasteiger partial charge in [0.2, 0.25) is 0 Å². The zero-order valence-electron chi connectivity index (χ0n) is 9.76. The molecule has 18 heavy (non-hydrogen) atoms. The highest BCUT2D eigenvalue weighted by Gasteiger charge is 2.18. The van der Waals surface area contributed by atoms with Crippen molar-refractivity contribution in [2.45, 2.75) is 19.4 Å². The normalized spacial score (nSPS) is 12.1. The third-order valence-electron chi connectivity index (χ3n) is 2.48. The van der Waals surface area contributed by atoms with Crippen molar-refractivity contribution in [2.75, 3.05) is 0 Å². The van der Waals surface area contributed by atoms with Crippen molar-refractivity contribution in [1.29, 1.82) is 0 Å². The van der Waals surface area contributed by atoms with Crippen molar-refractivity contribution in [3.63, 3.8) is 0 Å². The highest BCUT2D eigenvalue weighted by Crippen LogP contribution is 2.19. The molecule has 2 rings (SSSR count). The lowest BCUT2D eigenvalue weighted by atomic mass is 10.2. The Hall–Kier alpha value is -1.82. The molecule has 2 heterocycles. The molecule has 2 aromatic heterocycles. The minimum atomic E-state index is -0.621. The van der Waals surface area contributed by atoms with Crippen LogP contribution in [0.2, 0.25) is 0 Å². The fourth-order valence-corrected chi connectivity index (χ4v) is 2.31. The molecule has 0 fully saturated rings. The highest BCUT2D eigenvalue weighted by atomic mass is 32.1. The summed E-state index contributed by atoms with van der Waals surface area (Å²) < 4.78 is 13.4. The molecule has 0 radical (unpaired) electrons. The summed E-state index contributed by atoms with van der Waals surface area (Å²) in [6.07, 6.45) is 4.80. The maximum Gasteiger partial charge on any atom is 0.254 e. The number of amides is 1. The maximum absolute atomic E-state index is 13.4. The van der Waals surface area contributed by atoms with Gasteiger partial charge in [0.1, 0.15) is 5.01 Å². The smallest absolute Gasteiger partial charge is 0.254 e. The molecule has 94 valence electrons. The number of carbonyl (C=O) groups excluding carboxylic acids is 1. The van der Waals surface area contributed by atoms with Crippen LogP contribution in [0.1, 0.15) is 34.8 Å². The second-order valence-electron chi connectivity index (χ2n) is 3.66. The van der Waals surface area contributed by atoms with Crippen molar-refractivity contribution < 1.29 is 9.18 Å². The molecule has 0 spiro atoms. The second-order valence-corrected chi connectivity index (χ2v) is 4.59. The first-order chi connectivity index (χ1) is 8.72. The lowest BCUT2D eigenvalue weighted by molar-refractivity contribution is 0.0931. The van der Waals surface area contributed by atoms with Crippen LogP contribution in [0.3, 0.4) is 0 Å². The Bertz CT molecular complexity index is 530. The van der Waals surface area contributed by atoms with Crippen molar-refractivity contribution in [1.82, 2.24) is 15.3 Å². The maximum atomic E-state index is 13.4. The molecule has 1 atom stereocenters. The first-order valence-corrected chi connectivity index (χ1v) is 6.40. The molecule has 1 amide bonds. The molecule has 0 aliphatic rings. The quantitative estimate of drug-likeness (QED) is 0.924. The fraction of sp³-hybridized carbons (Fsp3) is 0.250. The summed E-state index contributed by atoms with van der Waals surface area (Å²) in [6, 6.07) is 1.17. The Morgan fingerprint density at radius 1 is 1.56 bits per heavy atom. The molecule has 1 unspecified atom stereocenters. The third-order valence-corrected chi connectivity index (χ3v) is 3.37. The number of halogens is 1. The van der Waals surface area contributed by atoms with Crippen LogP contribution in [-0.4, -0.2) is 15.9 Å². The monoisotopic (exact) mass is 265 g/mol. The van der Waals surface area contributed by atoms with Crippen LogP contribution < -0.4 is 5.32 Å². The summed E-state index contributed by atoms with van der Waals surface area (Å²) in [7, 11) is 0. The van der Waals surface area contributed by atoms with Gasteiger partial charge in [-0.25, -0.2) is 9.37 Å². The Balaban J connectivity index is 2.14. The number of rotatable bonds is 4. The SMILES string of the molecule is CCC(NC(=O)c1ccncc1F)c1nccs1. The zero-order chi connectivity index (χ0) is 13.0. The van der Waals surface area contributed by atoms with Gasteiger partial charge < -0.3 is 5.32 Å². The molecule has 0 aliphatic heterocycles. The summed E-state index contributed by atoms with van der Waals surface area (Å²) in [6.45, 7) is 1.94. The molecular formula is C12H12FN3OS. The van der Waals surface area contributed by atoms with Gasteiger partial charge in [-0.3, -0.25) is 9.78 Å². The molecule has 2 aromatic rings. The van der Waals surface area contributed by atoms with Gasteiger partial charge in [-0.1, -0.05) is 6.92 Å². The van der Waals surface area contributed by atoms with E-state index in [4.69, 9.17) is 0 Å². The number of pyridine rings is 1. The van der Waals surface area contributed by atoms with Crippen LogP contribution in [0, 0.1) is 5.82 Å². The van der Waals surface area contributed by atoms with Gasteiger partial charge in [-0.15, -0.1) is 11.3 Å². The van der Waals surface area contributed by atoms with Crippen LogP contribution in [0.25, 0.3) is 0 Å². The minimum absolute atomic E-state index is 0.00000567. The number of aromatic nitrogens is 2. The standard InChI is InChI=1S/C12H12FN3OS/c1-2-10(12-15-5-6-18-12)16-11(17)8-3-4-14-7-9(8)13/h3-7,10H,2H2,1H3,(H,16,17). The van der Waals surface area contributed by atoms with Crippen LogP contribution in [-0.2, 0) is 0 Å². The number of hydrogen-bond acceptors (Lipinski definition) is 4. The fourth-order valence-electron chi connectivity index (χ4n) is 1.54. The predicted molar refractivity (Wildman–Crippen MR) is 66.8 cm³/mol. The van der Waals surface area contributed by atoms with Crippen LogP contribution >= 0.6 is 11.3 Å². The van der Waals surface area contributed by atoms with Gasteiger partial charge in [0.05, 0.1) is 17.8 Å². The summed E-state index contributed by atoms with van der Waals surface area (Å²) in [4.78, 5) is 19.7. The summed E-state index contributed by atoms with van der Waals surface area (Å²) in [5.74, 6) is -1.07. The van der Waals surface area contributed by atoms with E-state index in [2.05, 4.69) is 15.3 Å². The van der Waals surface area contributed by atoms with Crippen molar-refractivity contribution in [2.24, 2.45) is 0 Å². The largest absolute Gasteiger partial charge is 0.343 e. The van der Waals surface area contributed by atoms with Crippen LogP contribution in [0.4, 0.5) is 4.39 Å². The van der Waals surface area contributed by atoms with Gasteiger partial charge in [0, 0.05) is 17.8 Å². The van der Waals surface area contributed by atoms with Crippen LogP contribution in [0.5, 0.6) is 0 Å². The lowest BCUT2D eigenvalue weighted by Gasteiger charge is -2.14. The highest BCUT2D eigenvalue weighted by molar-refractivity contribution is 7.09. The molecule has 6 heteroatoms. The molecule has 0 saturated heterocycles. The molecule has 0 aliphatic carbocycles. The van der Waals surface area contributed by atoms with Crippen molar-refractivity contribution in [3.05, 3.63) is 46.4 Å². The van der Waals surface area contributed by atoms with E-state index in [1.807, 2.05) is 12.3 Å². The Kier molecular flexibility index (Phi) is 3.99. The van der Waals surface area contributed by atoms with E-state index in [1.165, 1.54) is 23.6 Å². The zero-order valence-corrected chi connectivity index (χ0v) is 10.6. The van der Waals surface area contributed by atoms with E-state index in [-0.39, 0.29) is 11.6 Å². The van der Waals surface area contributed by atoms with Gasteiger partial charge in [-0.05, 0) is 12.5 Å².